The number of likely N-dealkylation sites (tertiary alicyclic amines) is 1. The van der Waals surface area contributed by atoms with E-state index in [9.17, 15) is 48.3 Å². The molecule has 5 atom stereocenters. The number of carbonyl (C=O) groups excluding carboxylic acids is 8. The predicted octanol–water partition coefficient (Wildman–Crippen LogP) is 4.81. The predicted molar refractivity (Wildman–Crippen MR) is 391 cm³/mol. The number of nitrogens with one attached hydrogen (secondary N) is 5. The van der Waals surface area contributed by atoms with Gasteiger partial charge in [-0.25, -0.2) is 19.4 Å². The highest BCUT2D eigenvalue weighted by molar-refractivity contribution is 8.00. The van der Waals surface area contributed by atoms with Crippen LogP contribution in [-0.4, -0.2) is 269 Å². The van der Waals surface area contributed by atoms with Crippen molar-refractivity contribution in [1.29, 1.82) is 0 Å². The molecule has 9 amide bonds. The maximum atomic E-state index is 14.5. The van der Waals surface area contributed by atoms with Gasteiger partial charge in [-0.15, -0.1) is 11.8 Å². The van der Waals surface area contributed by atoms with Gasteiger partial charge in [0.25, 0.3) is 5.91 Å². The third-order valence-electron chi connectivity index (χ3n) is 17.1. The number of fused-ring (bicyclic) bond motifs is 2. The lowest BCUT2D eigenvalue weighted by molar-refractivity contribution is -0.142. The number of benzene rings is 2. The van der Waals surface area contributed by atoms with Gasteiger partial charge in [0.1, 0.15) is 36.7 Å². The summed E-state index contributed by atoms with van der Waals surface area (Å²) in [6.07, 6.45) is 9.95. The van der Waals surface area contributed by atoms with Gasteiger partial charge >= 0.3 is 18.1 Å². The molecule has 2 aromatic carbocycles. The maximum absolute atomic E-state index is 14.5. The van der Waals surface area contributed by atoms with E-state index in [1.54, 1.807) is 30.6 Å². The highest BCUT2D eigenvalue weighted by atomic mass is 32.2. The summed E-state index contributed by atoms with van der Waals surface area (Å²) in [5.41, 5.74) is 5.81. The van der Waals surface area contributed by atoms with Crippen LogP contribution in [0, 0.1) is 0 Å². The van der Waals surface area contributed by atoms with Crippen molar-refractivity contribution in [2.75, 3.05) is 168 Å². The number of ether oxygens (including phenoxy) is 9. The number of urea groups is 1. The molecule has 104 heavy (non-hydrogen) atoms. The summed E-state index contributed by atoms with van der Waals surface area (Å²) >= 11 is 0.864. The fourth-order valence-corrected chi connectivity index (χ4v) is 13.0. The zero-order chi connectivity index (χ0) is 74.1. The second-order valence-electron chi connectivity index (χ2n) is 24.7. The normalized spacial score (nSPS) is 15.9. The molecule has 4 aromatic rings. The highest BCUT2D eigenvalue weighted by Crippen LogP contribution is 2.34. The molecule has 5 heterocycles. The fraction of sp³-hybridized carbons (Fsp3) is 0.583. The van der Waals surface area contributed by atoms with Crippen LogP contribution in [0.1, 0.15) is 99.3 Å². The van der Waals surface area contributed by atoms with E-state index in [0.717, 1.165) is 55.6 Å². The monoisotopic (exact) mass is 1490 g/mol. The van der Waals surface area contributed by atoms with Crippen molar-refractivity contribution in [2.24, 2.45) is 5.10 Å². The number of hydrogen-bond donors (Lipinski definition) is 6. The smallest absolute Gasteiger partial charge is 0.408 e. The Hall–Kier alpha value is -7.92. The molecule has 1 fully saturated rings. The molecule has 0 spiro atoms. The number of nitrogens with zero attached hydrogens (tertiary/aromatic N) is 6. The Balaban J connectivity index is 0.836. The first-order valence-corrected chi connectivity index (χ1v) is 38.5. The van der Waals surface area contributed by atoms with Crippen LogP contribution in [0.2, 0.25) is 0 Å². The number of thioether (sulfide) groups is 1. The van der Waals surface area contributed by atoms with Crippen molar-refractivity contribution in [3.8, 4) is 0 Å². The van der Waals surface area contributed by atoms with Crippen LogP contribution in [0.15, 0.2) is 84.4 Å². The molecule has 2 aromatic heterocycles. The molecular formula is C72H102N11O19S2+. The minimum Gasteiger partial charge on any atom is -0.480 e. The lowest BCUT2D eigenvalue weighted by Gasteiger charge is -2.30. The Bertz CT molecular complexity index is 3370. The van der Waals surface area contributed by atoms with Gasteiger partial charge in [-0.2, -0.15) is 5.10 Å². The minimum atomic E-state index is -1.42. The number of rotatable bonds is 52. The number of hydrogen-bond acceptors (Lipinski definition) is 22. The second kappa shape index (κ2) is 47.5. The minimum absolute atomic E-state index is 0.0344. The van der Waals surface area contributed by atoms with E-state index in [1.165, 1.54) is 5.01 Å². The molecule has 0 aliphatic carbocycles. The van der Waals surface area contributed by atoms with Crippen molar-refractivity contribution in [3.63, 3.8) is 0 Å². The second-order valence-corrected chi connectivity index (χ2v) is 28.5. The van der Waals surface area contributed by atoms with Crippen molar-refractivity contribution in [2.45, 2.75) is 107 Å². The topological polar surface area (TPSA) is 365 Å². The van der Waals surface area contributed by atoms with Crippen LogP contribution in [0.3, 0.4) is 0 Å². The van der Waals surface area contributed by atoms with Crippen molar-refractivity contribution < 1.29 is 90.9 Å². The molecule has 0 radical (unpaired) electrons. The van der Waals surface area contributed by atoms with E-state index >= 15 is 0 Å². The number of aliphatic carboxylic acids is 1. The van der Waals surface area contributed by atoms with Crippen molar-refractivity contribution in [3.05, 3.63) is 102 Å². The van der Waals surface area contributed by atoms with Gasteiger partial charge in [0.15, 0.2) is 0 Å². The number of carboxylic acid groups (broad SMARTS) is 1. The quantitative estimate of drug-likeness (QED) is 0.0196. The first kappa shape index (κ1) is 83.4. The molecule has 3 aliphatic heterocycles. The van der Waals surface area contributed by atoms with Crippen LogP contribution in [-0.2, 0) is 100 Å². The molecule has 30 nitrogen and oxygen atoms in total. The standard InChI is InChI=1S/C72H101N11O19S2/c1-4-104(3)44-43-102-72(93)79-62(70(90)91)51-103-63-46-66(86)82(69(63)89)50-65(85)78-60(15-7-9-23-75-64(84)22-28-95-31-32-97-35-36-99-39-40-101-42-41-100-38-37-98-34-33-96-30-29-94-2)67(87)76-24-8-5-6-10-27-83-68(88)58(56-13-11-16-59-57(56)14-12-25-74-59)45-61(80-83)52-17-19-55(20-18-52)77-71(92)81-48-53-21-26-73-47-54(53)49-81/h11-14,16-21,25-26,47,58,60,62-63H,4-10,15,22-24,27-46,48-51H2,1-3H3,(H5-,75,76,77,78,79,80,84,85,87,90,91,92,93)/p+1/t58?,60-,62-,63?,104?/m0/s1. The number of aromatic nitrogens is 2. The molecule has 0 bridgehead atoms. The van der Waals surface area contributed by atoms with E-state index in [-0.39, 0.29) is 86.7 Å². The Morgan fingerprint density at radius 3 is 1.97 bits per heavy atom. The summed E-state index contributed by atoms with van der Waals surface area (Å²) in [5, 5.41) is 29.9. The summed E-state index contributed by atoms with van der Waals surface area (Å²) in [7, 11) is 1.66. The van der Waals surface area contributed by atoms with Crippen molar-refractivity contribution >= 4 is 98.5 Å². The van der Waals surface area contributed by atoms with Crippen molar-refractivity contribution in [1.82, 2.24) is 46.0 Å². The number of alkyl carbamates (subject to hydrolysis) is 1. The molecule has 1 saturated heterocycles. The summed E-state index contributed by atoms with van der Waals surface area (Å²) in [6.45, 7) is 9.49. The number of hydrazone groups is 1. The summed E-state index contributed by atoms with van der Waals surface area (Å²) in [4.78, 5) is 130. The van der Waals surface area contributed by atoms with E-state index in [1.807, 2.05) is 73.8 Å². The number of amides is 9. The van der Waals surface area contributed by atoms with Gasteiger partial charge in [0.05, 0.1) is 128 Å². The van der Waals surface area contributed by atoms with Crippen LogP contribution < -0.4 is 26.6 Å². The molecule has 570 valence electrons. The summed E-state index contributed by atoms with van der Waals surface area (Å²) in [6, 6.07) is 16.2. The number of anilines is 1. The fourth-order valence-electron chi connectivity index (χ4n) is 11.2. The third-order valence-corrected chi connectivity index (χ3v) is 20.2. The number of carbonyl (C=O) groups is 9. The number of methoxy groups -OCH3 is 1. The van der Waals surface area contributed by atoms with Crippen LogP contribution >= 0.6 is 11.8 Å². The Morgan fingerprint density at radius 2 is 1.31 bits per heavy atom. The molecule has 3 aliphatic rings. The number of unbranched alkanes of at least 4 members (excludes halogenated alkanes) is 4. The summed E-state index contributed by atoms with van der Waals surface area (Å²) in [5.74, 6) is -3.66. The molecule has 0 saturated carbocycles. The SMILES string of the molecule is CC[S+](C)CCOC(=O)N[C@@H](CSC1CC(=O)N(CC(=O)N[C@@H](CCCCNC(=O)CCOCCOCCOCCOCCOCCOCCOCCOC)C(=O)NCCCCCCN2N=C(c3ccc(NC(=O)N4Cc5ccncc5C4)cc3)CC(c3cccc4ncccc34)C2=O)C1=O)C(=O)O. The van der Waals surface area contributed by atoms with Gasteiger partial charge in [0, 0.05) is 94.5 Å². The Kier molecular flexibility index (Phi) is 38.1. The van der Waals surface area contributed by atoms with Crippen LogP contribution in [0.25, 0.3) is 10.9 Å². The molecule has 32 heteroatoms. The van der Waals surface area contributed by atoms with Gasteiger partial charge in [-0.05, 0) is 103 Å². The van der Waals surface area contributed by atoms with E-state index in [2.05, 4.69) is 36.6 Å². The van der Waals surface area contributed by atoms with E-state index in [0.29, 0.717) is 168 Å². The molecule has 3 unspecified atom stereocenters. The average Bonchev–Trinajstić information content (AvgIpc) is 1.11. The summed E-state index contributed by atoms with van der Waals surface area (Å²) < 4.78 is 48.5. The first-order valence-electron chi connectivity index (χ1n) is 35.5. The average molecular weight is 1490 g/mol. The maximum Gasteiger partial charge on any atom is 0.408 e. The van der Waals surface area contributed by atoms with E-state index < -0.39 is 65.5 Å². The largest absolute Gasteiger partial charge is 0.480 e. The van der Waals surface area contributed by atoms with Gasteiger partial charge in [-0.3, -0.25) is 43.6 Å². The Morgan fingerprint density at radius 1 is 0.663 bits per heavy atom. The molecule has 6 N–H and O–H groups in total. The zero-order valence-corrected chi connectivity index (χ0v) is 61.5. The number of pyridine rings is 2. The van der Waals surface area contributed by atoms with Gasteiger partial charge in [0.2, 0.25) is 29.5 Å². The van der Waals surface area contributed by atoms with Gasteiger partial charge in [-0.1, -0.05) is 43.2 Å². The number of carboxylic acids is 1. The number of imide groups is 1. The lowest BCUT2D eigenvalue weighted by atomic mass is 9.86. The molecule has 7 rings (SSSR count). The Labute approximate surface area is 614 Å². The van der Waals surface area contributed by atoms with Gasteiger partial charge < -0.3 is 79.2 Å². The van der Waals surface area contributed by atoms with Crippen LogP contribution in [0.4, 0.5) is 15.3 Å². The lowest BCUT2D eigenvalue weighted by Crippen LogP contribution is -2.50. The van der Waals surface area contributed by atoms with E-state index in [4.69, 9.17) is 47.7 Å². The first-order chi connectivity index (χ1) is 50.6. The molecular weight excluding hydrogens is 1390 g/mol. The third kappa shape index (κ3) is 29.6. The zero-order valence-electron chi connectivity index (χ0n) is 59.9. The highest BCUT2D eigenvalue weighted by Gasteiger charge is 2.41. The van der Waals surface area contributed by atoms with Crippen LogP contribution in [0.5, 0.6) is 0 Å².